The molecule has 9 nitrogen and oxygen atoms in total. The third kappa shape index (κ3) is 4.80. The first-order valence-corrected chi connectivity index (χ1v) is 13.7. The Morgan fingerprint density at radius 2 is 2.06 bits per heavy atom. The van der Waals surface area contributed by atoms with Crippen molar-refractivity contribution in [2.45, 2.75) is 43.7 Å². The van der Waals surface area contributed by atoms with Crippen molar-refractivity contribution in [1.82, 2.24) is 15.5 Å². The van der Waals surface area contributed by atoms with Crippen LogP contribution >= 0.6 is 23.5 Å². The number of hydrogen-bond donors (Lipinski definition) is 4. The van der Waals surface area contributed by atoms with Gasteiger partial charge in [0.05, 0.1) is 57.3 Å². The van der Waals surface area contributed by atoms with Crippen molar-refractivity contribution in [2.75, 3.05) is 51.3 Å². The number of fused-ring (bicyclic) bond motifs is 1. The number of carbonyl (C=O) groups is 3. The number of carboxylic acid groups (broad SMARTS) is 1. The molecule has 0 spiro atoms. The Labute approximate surface area is 203 Å². The lowest BCUT2D eigenvalue weighted by Gasteiger charge is -2.46. The average Bonchev–Trinajstić information content (AvgIpc) is 3.30. The molecular formula is C22H35N4O5S2+. The smallest absolute Gasteiger partial charge is 0.353 e. The summed E-state index contributed by atoms with van der Waals surface area (Å²) in [5.74, 6) is 0.187. The average molecular weight is 500 g/mol. The molecular weight excluding hydrogens is 464 g/mol. The topological polar surface area (TPSA) is 119 Å². The molecule has 2 unspecified atom stereocenters. The van der Waals surface area contributed by atoms with Crippen LogP contribution in [0.1, 0.15) is 20.3 Å². The van der Waals surface area contributed by atoms with E-state index in [1.54, 1.807) is 6.92 Å². The van der Waals surface area contributed by atoms with Gasteiger partial charge in [-0.1, -0.05) is 6.92 Å². The summed E-state index contributed by atoms with van der Waals surface area (Å²) in [6.07, 6.45) is -0.198. The normalized spacial score (nSPS) is 34.1. The zero-order valence-corrected chi connectivity index (χ0v) is 21.1. The van der Waals surface area contributed by atoms with E-state index in [4.69, 9.17) is 0 Å². The number of hydrogen-bond acceptors (Lipinski definition) is 7. The third-order valence-electron chi connectivity index (χ3n) is 7.51. The van der Waals surface area contributed by atoms with Crippen LogP contribution < -0.4 is 10.6 Å². The summed E-state index contributed by atoms with van der Waals surface area (Å²) in [6, 6.07) is -0.601. The molecule has 2 amide bonds. The Kier molecular flexibility index (Phi) is 7.35. The first-order valence-electron chi connectivity index (χ1n) is 11.7. The number of amides is 2. The highest BCUT2D eigenvalue weighted by Crippen LogP contribution is 2.51. The highest BCUT2D eigenvalue weighted by Gasteiger charge is 2.60. The van der Waals surface area contributed by atoms with Crippen LogP contribution in [-0.2, 0) is 14.4 Å². The zero-order chi connectivity index (χ0) is 23.9. The molecule has 0 saturated carbocycles. The second-order valence-electron chi connectivity index (χ2n) is 9.90. The number of aliphatic hydroxyl groups is 1. The van der Waals surface area contributed by atoms with Gasteiger partial charge in [0.15, 0.2) is 0 Å². The van der Waals surface area contributed by atoms with Crippen molar-refractivity contribution in [3.05, 3.63) is 10.6 Å². The number of nitrogens with zero attached hydrogens (tertiary/aromatic N) is 2. The first-order chi connectivity index (χ1) is 15.6. The van der Waals surface area contributed by atoms with Gasteiger partial charge < -0.3 is 30.2 Å². The maximum Gasteiger partial charge on any atom is 0.353 e. The minimum Gasteiger partial charge on any atom is -0.477 e. The van der Waals surface area contributed by atoms with Gasteiger partial charge in [0, 0.05) is 34.1 Å². The minimum atomic E-state index is -1.11. The van der Waals surface area contributed by atoms with Gasteiger partial charge in [-0.15, -0.1) is 11.8 Å². The van der Waals surface area contributed by atoms with Crippen LogP contribution in [0.4, 0.5) is 0 Å². The second kappa shape index (κ2) is 9.77. The molecule has 3 fully saturated rings. The van der Waals surface area contributed by atoms with Gasteiger partial charge >= 0.3 is 5.97 Å². The van der Waals surface area contributed by atoms with E-state index in [2.05, 4.69) is 17.7 Å². The van der Waals surface area contributed by atoms with E-state index >= 15 is 0 Å². The van der Waals surface area contributed by atoms with Gasteiger partial charge in [-0.2, -0.15) is 11.8 Å². The van der Waals surface area contributed by atoms with Gasteiger partial charge in [0.25, 0.3) is 0 Å². The van der Waals surface area contributed by atoms with Crippen molar-refractivity contribution in [2.24, 2.45) is 11.8 Å². The molecule has 0 radical (unpaired) electrons. The number of aliphatic hydroxyl groups excluding tert-OH is 1. The van der Waals surface area contributed by atoms with Gasteiger partial charge in [-0.05, 0) is 13.3 Å². The largest absolute Gasteiger partial charge is 0.477 e. The van der Waals surface area contributed by atoms with E-state index in [1.165, 1.54) is 28.2 Å². The predicted molar refractivity (Wildman–Crippen MR) is 129 cm³/mol. The molecule has 0 aromatic rings. The number of rotatable bonds is 8. The van der Waals surface area contributed by atoms with Crippen LogP contribution in [0, 0.1) is 11.8 Å². The van der Waals surface area contributed by atoms with Gasteiger partial charge in [0.2, 0.25) is 11.8 Å². The summed E-state index contributed by atoms with van der Waals surface area (Å²) in [5.41, 5.74) is 0.0453. The Morgan fingerprint density at radius 3 is 2.70 bits per heavy atom. The molecule has 0 aromatic carbocycles. The van der Waals surface area contributed by atoms with E-state index < -0.39 is 18.0 Å². The van der Waals surface area contributed by atoms with Crippen LogP contribution in [0.2, 0.25) is 0 Å². The van der Waals surface area contributed by atoms with Crippen molar-refractivity contribution in [1.29, 1.82) is 0 Å². The van der Waals surface area contributed by atoms with E-state index in [1.807, 2.05) is 18.7 Å². The van der Waals surface area contributed by atoms with Gasteiger partial charge in [-0.25, -0.2) is 4.79 Å². The summed E-state index contributed by atoms with van der Waals surface area (Å²) >= 11 is 3.45. The molecule has 3 saturated heterocycles. The summed E-state index contributed by atoms with van der Waals surface area (Å²) in [4.78, 5) is 39.2. The van der Waals surface area contributed by atoms with E-state index in [-0.39, 0.29) is 40.8 Å². The number of thioether (sulfide) groups is 2. The fourth-order valence-corrected chi connectivity index (χ4v) is 8.25. The number of quaternary nitrogens is 1. The summed E-state index contributed by atoms with van der Waals surface area (Å²) in [7, 11) is 2.25. The maximum atomic E-state index is 12.7. The Morgan fingerprint density at radius 1 is 1.36 bits per heavy atom. The first kappa shape index (κ1) is 24.8. The maximum absolute atomic E-state index is 12.7. The van der Waals surface area contributed by atoms with Gasteiger partial charge in [0.1, 0.15) is 5.70 Å². The van der Waals surface area contributed by atoms with E-state index in [0.29, 0.717) is 24.4 Å². The van der Waals surface area contributed by atoms with Crippen molar-refractivity contribution >= 4 is 41.3 Å². The summed E-state index contributed by atoms with van der Waals surface area (Å²) in [6.45, 7) is 7.96. The number of β-lactam (4-membered cyclic amide) rings is 1. The van der Waals surface area contributed by atoms with Crippen molar-refractivity contribution in [3.63, 3.8) is 0 Å². The highest BCUT2D eigenvalue weighted by atomic mass is 32.2. The molecule has 0 bridgehead atoms. The molecule has 6 atom stereocenters. The lowest BCUT2D eigenvalue weighted by atomic mass is 9.79. The lowest BCUT2D eigenvalue weighted by molar-refractivity contribution is -0.904. The molecule has 4 rings (SSSR count). The molecule has 4 aliphatic heterocycles. The van der Waals surface area contributed by atoms with Crippen LogP contribution in [0.25, 0.3) is 0 Å². The SMILES string of the molecule is C[C@@H](O)C1C(=O)N2C(C(=O)O)=C(S[C@@H]3CN[C@H](C(=O)NCC[N+]4(C)CCSCC4)C3)[C@H](C)C12. The third-order valence-corrected chi connectivity index (χ3v) is 9.97. The fraction of sp³-hybridized carbons (Fsp3) is 0.773. The standard InChI is InChI=1S/C22H34N4O5S2/c1-12-17-16(13(2)27)21(29)25(17)18(22(30)31)19(12)33-14-10-15(24-11-14)20(28)23-4-5-26(3)6-8-32-9-7-26/h12-17,24,27H,4-11H2,1-3H3,(H-,23,28,30,31)/p+1/t12-,13-,14+,15+,16?,17?/m1/s1. The Balaban J connectivity index is 1.32. The van der Waals surface area contributed by atoms with Crippen molar-refractivity contribution in [3.8, 4) is 0 Å². The van der Waals surface area contributed by atoms with Crippen molar-refractivity contribution < 1.29 is 29.1 Å². The zero-order valence-electron chi connectivity index (χ0n) is 19.5. The molecule has 4 N–H and O–H groups in total. The molecule has 0 aromatic heterocycles. The minimum absolute atomic E-state index is 0.00356. The number of likely N-dealkylation sites (N-methyl/N-ethyl adjacent to an activating group) is 1. The van der Waals surface area contributed by atoms with Crippen LogP contribution in [0.5, 0.6) is 0 Å². The quantitative estimate of drug-likeness (QED) is 0.270. The second-order valence-corrected chi connectivity index (χ2v) is 12.5. The number of carboxylic acids is 1. The predicted octanol–water partition coefficient (Wildman–Crippen LogP) is -0.0866. The van der Waals surface area contributed by atoms with Crippen LogP contribution in [-0.4, -0.2) is 112 Å². The number of aliphatic carboxylic acids is 1. The Hall–Kier alpha value is -1.27. The highest BCUT2D eigenvalue weighted by molar-refractivity contribution is 8.03. The van der Waals surface area contributed by atoms with Crippen LogP contribution in [0.3, 0.4) is 0 Å². The molecule has 184 valence electrons. The Bertz CT molecular complexity index is 845. The lowest BCUT2D eigenvalue weighted by Crippen LogP contribution is -2.63. The molecule has 4 aliphatic rings. The number of nitrogens with one attached hydrogen (secondary N) is 2. The molecule has 11 heteroatoms. The summed E-state index contributed by atoms with van der Waals surface area (Å²) in [5, 5.41) is 26.2. The molecule has 0 aliphatic carbocycles. The van der Waals surface area contributed by atoms with Crippen LogP contribution in [0.15, 0.2) is 10.6 Å². The molecule has 4 heterocycles. The van der Waals surface area contributed by atoms with Gasteiger partial charge in [-0.3, -0.25) is 9.59 Å². The van der Waals surface area contributed by atoms with E-state index in [9.17, 15) is 24.6 Å². The summed E-state index contributed by atoms with van der Waals surface area (Å²) < 4.78 is 0.998. The molecule has 33 heavy (non-hydrogen) atoms. The monoisotopic (exact) mass is 499 g/mol. The van der Waals surface area contributed by atoms with E-state index in [0.717, 1.165) is 24.1 Å². The fourth-order valence-electron chi connectivity index (χ4n) is 5.43. The number of carbonyl (C=O) groups excluding carboxylic acids is 2.